The molecule has 0 aliphatic rings. The van der Waals surface area contributed by atoms with E-state index < -0.39 is 0 Å². The van der Waals surface area contributed by atoms with E-state index in [-0.39, 0.29) is 29.5 Å². The largest absolute Gasteiger partial charge is 0.508 e. The fraction of sp³-hybridized carbons (Fsp3) is 0.500. The number of rotatable bonds is 7. The molecule has 22 heavy (non-hydrogen) atoms. The van der Waals surface area contributed by atoms with Crippen LogP contribution in [0.15, 0.2) is 24.3 Å². The Morgan fingerprint density at radius 3 is 1.77 bits per heavy atom. The molecule has 0 amide bonds. The van der Waals surface area contributed by atoms with Gasteiger partial charge in [-0.25, -0.2) is 0 Å². The molecule has 0 aliphatic carbocycles. The van der Waals surface area contributed by atoms with Crippen LogP contribution in [-0.2, 0) is 19.1 Å². The van der Waals surface area contributed by atoms with Gasteiger partial charge in [0.05, 0.1) is 26.1 Å². The van der Waals surface area contributed by atoms with Crippen LogP contribution < -0.4 is 4.90 Å². The second-order valence-electron chi connectivity index (χ2n) is 5.27. The number of methoxy groups -OCH3 is 2. The first-order valence-corrected chi connectivity index (χ1v) is 7.08. The number of nitrogens with zero attached hydrogens (tertiary/aromatic N) is 1. The Morgan fingerprint density at radius 2 is 1.41 bits per heavy atom. The summed E-state index contributed by atoms with van der Waals surface area (Å²) in [5.41, 5.74) is 0.810. The van der Waals surface area contributed by atoms with Crippen molar-refractivity contribution in [3.05, 3.63) is 24.3 Å². The van der Waals surface area contributed by atoms with Crippen molar-refractivity contribution in [1.82, 2.24) is 0 Å². The molecule has 0 saturated carbocycles. The van der Waals surface area contributed by atoms with Gasteiger partial charge in [0.15, 0.2) is 0 Å². The third-order valence-corrected chi connectivity index (χ3v) is 3.41. The summed E-state index contributed by atoms with van der Waals surface area (Å²) in [6.07, 6.45) is 0. The number of hydrogen-bond acceptors (Lipinski definition) is 6. The fourth-order valence-corrected chi connectivity index (χ4v) is 2.16. The highest BCUT2D eigenvalue weighted by atomic mass is 16.5. The summed E-state index contributed by atoms with van der Waals surface area (Å²) in [5.74, 6) is -1.15. The molecule has 2 unspecified atom stereocenters. The Bertz CT molecular complexity index is 476. The molecule has 0 bridgehead atoms. The summed E-state index contributed by atoms with van der Waals surface area (Å²) < 4.78 is 9.49. The molecule has 0 heterocycles. The van der Waals surface area contributed by atoms with Crippen molar-refractivity contribution in [1.29, 1.82) is 0 Å². The molecule has 1 aromatic carbocycles. The minimum Gasteiger partial charge on any atom is -0.508 e. The number of benzene rings is 1. The molecule has 0 aliphatic heterocycles. The van der Waals surface area contributed by atoms with Crippen LogP contribution in [0, 0.1) is 11.8 Å². The number of hydrogen-bond donors (Lipinski definition) is 1. The average Bonchev–Trinajstić information content (AvgIpc) is 2.53. The van der Waals surface area contributed by atoms with Crippen molar-refractivity contribution in [3.63, 3.8) is 0 Å². The molecule has 0 spiro atoms. The van der Waals surface area contributed by atoms with Gasteiger partial charge in [-0.05, 0) is 24.3 Å². The van der Waals surface area contributed by atoms with Crippen molar-refractivity contribution in [2.75, 3.05) is 32.2 Å². The third-order valence-electron chi connectivity index (χ3n) is 3.41. The molecular formula is C16H23NO5. The summed E-state index contributed by atoms with van der Waals surface area (Å²) >= 11 is 0. The van der Waals surface area contributed by atoms with Gasteiger partial charge in [-0.1, -0.05) is 13.8 Å². The SMILES string of the molecule is COC(=O)C(C)CN(CC(C)C(=O)OC)c1ccc(O)cc1. The van der Waals surface area contributed by atoms with Crippen molar-refractivity contribution in [2.45, 2.75) is 13.8 Å². The molecule has 0 radical (unpaired) electrons. The van der Waals surface area contributed by atoms with Gasteiger partial charge in [-0.15, -0.1) is 0 Å². The fourth-order valence-electron chi connectivity index (χ4n) is 2.16. The van der Waals surface area contributed by atoms with E-state index in [1.807, 2.05) is 4.90 Å². The van der Waals surface area contributed by atoms with E-state index in [1.54, 1.807) is 38.1 Å². The van der Waals surface area contributed by atoms with Gasteiger partial charge in [0.2, 0.25) is 0 Å². The van der Waals surface area contributed by atoms with Crippen molar-refractivity contribution >= 4 is 17.6 Å². The lowest BCUT2D eigenvalue weighted by molar-refractivity contribution is -0.144. The van der Waals surface area contributed by atoms with Crippen molar-refractivity contribution in [2.24, 2.45) is 11.8 Å². The van der Waals surface area contributed by atoms with Crippen LogP contribution in [0.5, 0.6) is 5.75 Å². The molecule has 0 saturated heterocycles. The molecule has 0 fully saturated rings. The lowest BCUT2D eigenvalue weighted by Crippen LogP contribution is -2.37. The van der Waals surface area contributed by atoms with Crippen LogP contribution in [0.3, 0.4) is 0 Å². The van der Waals surface area contributed by atoms with Crippen LogP contribution in [0.25, 0.3) is 0 Å². The molecule has 1 aromatic rings. The van der Waals surface area contributed by atoms with Crippen LogP contribution in [0.1, 0.15) is 13.8 Å². The topological polar surface area (TPSA) is 76.1 Å². The van der Waals surface area contributed by atoms with Crippen LogP contribution >= 0.6 is 0 Å². The Balaban J connectivity index is 2.91. The van der Waals surface area contributed by atoms with Gasteiger partial charge in [-0.3, -0.25) is 9.59 Å². The minimum atomic E-state index is -0.344. The van der Waals surface area contributed by atoms with Gasteiger partial charge < -0.3 is 19.5 Å². The summed E-state index contributed by atoms with van der Waals surface area (Å²) in [4.78, 5) is 25.2. The molecule has 0 aromatic heterocycles. The van der Waals surface area contributed by atoms with Gasteiger partial charge in [0.1, 0.15) is 5.75 Å². The minimum absolute atomic E-state index is 0.158. The third kappa shape index (κ3) is 4.95. The number of carbonyl (C=O) groups excluding carboxylic acids is 2. The van der Waals surface area contributed by atoms with Gasteiger partial charge in [0, 0.05) is 18.8 Å². The zero-order valence-electron chi connectivity index (χ0n) is 13.4. The highest BCUT2D eigenvalue weighted by molar-refractivity contribution is 5.74. The number of aromatic hydroxyl groups is 1. The number of phenols is 1. The Labute approximate surface area is 130 Å². The van der Waals surface area contributed by atoms with E-state index in [4.69, 9.17) is 9.47 Å². The summed E-state index contributed by atoms with van der Waals surface area (Å²) in [6, 6.07) is 6.61. The van der Waals surface area contributed by atoms with E-state index in [9.17, 15) is 14.7 Å². The molecule has 6 nitrogen and oxygen atoms in total. The summed E-state index contributed by atoms with van der Waals surface area (Å²) in [7, 11) is 2.70. The molecule has 1 N–H and O–H groups in total. The standard InChI is InChI=1S/C16H23NO5/c1-11(15(19)21-3)9-17(10-12(2)16(20)22-4)13-5-7-14(18)8-6-13/h5-8,11-12,18H,9-10H2,1-4H3. The zero-order chi connectivity index (χ0) is 16.7. The lowest BCUT2D eigenvalue weighted by atomic mass is 10.1. The Kier molecular flexibility index (Phi) is 6.69. The maximum Gasteiger partial charge on any atom is 0.310 e. The lowest BCUT2D eigenvalue weighted by Gasteiger charge is -2.29. The first-order valence-electron chi connectivity index (χ1n) is 7.08. The smallest absolute Gasteiger partial charge is 0.310 e. The van der Waals surface area contributed by atoms with E-state index in [2.05, 4.69) is 0 Å². The number of ether oxygens (including phenoxy) is 2. The van der Waals surface area contributed by atoms with Crippen LogP contribution in [-0.4, -0.2) is 44.4 Å². The first kappa shape index (κ1) is 17.8. The Morgan fingerprint density at radius 1 is 1.00 bits per heavy atom. The number of esters is 2. The van der Waals surface area contributed by atoms with Crippen molar-refractivity contribution < 1.29 is 24.2 Å². The maximum absolute atomic E-state index is 11.6. The van der Waals surface area contributed by atoms with E-state index >= 15 is 0 Å². The number of carbonyl (C=O) groups is 2. The highest BCUT2D eigenvalue weighted by Gasteiger charge is 2.22. The van der Waals surface area contributed by atoms with Gasteiger partial charge >= 0.3 is 11.9 Å². The molecule has 6 heteroatoms. The summed E-state index contributed by atoms with van der Waals surface area (Å²) in [6.45, 7) is 4.33. The molecule has 1 rings (SSSR count). The number of anilines is 1. The monoisotopic (exact) mass is 309 g/mol. The second-order valence-corrected chi connectivity index (χ2v) is 5.27. The van der Waals surface area contributed by atoms with Gasteiger partial charge in [-0.2, -0.15) is 0 Å². The highest BCUT2D eigenvalue weighted by Crippen LogP contribution is 2.21. The normalized spacial score (nSPS) is 13.1. The first-order chi connectivity index (χ1) is 10.4. The molecular weight excluding hydrogens is 286 g/mol. The zero-order valence-corrected chi connectivity index (χ0v) is 13.4. The van der Waals surface area contributed by atoms with E-state index in [1.165, 1.54) is 14.2 Å². The molecule has 2 atom stereocenters. The maximum atomic E-state index is 11.6. The quantitative estimate of drug-likeness (QED) is 0.774. The van der Waals surface area contributed by atoms with Crippen LogP contribution in [0.2, 0.25) is 0 Å². The van der Waals surface area contributed by atoms with E-state index in [0.717, 1.165) is 5.69 Å². The molecule has 122 valence electrons. The number of phenolic OH excluding ortho intramolecular Hbond substituents is 1. The predicted octanol–water partition coefficient (Wildman–Crippen LogP) is 1.82. The van der Waals surface area contributed by atoms with Gasteiger partial charge in [0.25, 0.3) is 0 Å². The van der Waals surface area contributed by atoms with Crippen LogP contribution in [0.4, 0.5) is 5.69 Å². The predicted molar refractivity (Wildman–Crippen MR) is 82.7 cm³/mol. The Hall–Kier alpha value is -2.24. The second kappa shape index (κ2) is 8.26. The van der Waals surface area contributed by atoms with Crippen molar-refractivity contribution in [3.8, 4) is 5.75 Å². The van der Waals surface area contributed by atoms with E-state index in [0.29, 0.717) is 13.1 Å². The summed E-state index contributed by atoms with van der Waals surface area (Å²) in [5, 5.41) is 9.39. The average molecular weight is 309 g/mol.